The summed E-state index contributed by atoms with van der Waals surface area (Å²) in [5.74, 6) is 3.27. The van der Waals surface area contributed by atoms with Crippen LogP contribution in [0.15, 0.2) is 0 Å². The van der Waals surface area contributed by atoms with Crippen LogP contribution in [0.25, 0.3) is 0 Å². The highest BCUT2D eigenvalue weighted by Gasteiger charge is 2.17. The van der Waals surface area contributed by atoms with Gasteiger partial charge in [-0.05, 0) is 17.8 Å². The van der Waals surface area contributed by atoms with Crippen molar-refractivity contribution >= 4 is 0 Å². The molecule has 0 aromatic carbocycles. The lowest BCUT2D eigenvalue weighted by Crippen LogP contribution is -2.11. The van der Waals surface area contributed by atoms with E-state index in [2.05, 4.69) is 6.92 Å². The van der Waals surface area contributed by atoms with Crippen LogP contribution >= 0.6 is 0 Å². The van der Waals surface area contributed by atoms with E-state index in [0.717, 1.165) is 17.8 Å². The van der Waals surface area contributed by atoms with E-state index in [1.54, 1.807) is 38.5 Å². The first-order valence-corrected chi connectivity index (χ1v) is 10.3. The molecule has 124 valence electrons. The lowest BCUT2D eigenvalue weighted by molar-refractivity contribution is 0.273. The molecule has 0 unspecified atom stereocenters. The fourth-order valence-electron chi connectivity index (χ4n) is 4.73. The molecule has 3 aliphatic carbocycles. The Morgan fingerprint density at radius 3 is 1.10 bits per heavy atom. The number of hydrogen-bond donors (Lipinski definition) is 0. The molecule has 0 nitrogen and oxygen atoms in total. The Balaban J connectivity index is 0.000000194. The van der Waals surface area contributed by atoms with Gasteiger partial charge in [0.2, 0.25) is 0 Å². The normalized spacial score (nSPS) is 26.1. The SMILES string of the molecule is C1CCC(CCC2CCCCC2)CC1.CC1CCCCC1. The summed E-state index contributed by atoms with van der Waals surface area (Å²) in [6.45, 7) is 2.36. The van der Waals surface area contributed by atoms with Crippen molar-refractivity contribution in [1.82, 2.24) is 0 Å². The third-order valence-electron chi connectivity index (χ3n) is 6.33. The molecule has 0 N–H and O–H groups in total. The monoisotopic (exact) mass is 292 g/mol. The maximum absolute atomic E-state index is 2.36. The van der Waals surface area contributed by atoms with E-state index in [1.165, 1.54) is 70.6 Å². The third kappa shape index (κ3) is 7.71. The molecule has 0 amide bonds. The number of hydrogen-bond acceptors (Lipinski definition) is 0. The topological polar surface area (TPSA) is 0 Å². The average Bonchev–Trinajstić information content (AvgIpc) is 2.56. The molecule has 21 heavy (non-hydrogen) atoms. The van der Waals surface area contributed by atoms with Crippen molar-refractivity contribution < 1.29 is 0 Å². The summed E-state index contributed by atoms with van der Waals surface area (Å²) >= 11 is 0. The van der Waals surface area contributed by atoms with Crippen molar-refractivity contribution in [3.8, 4) is 0 Å². The van der Waals surface area contributed by atoms with Crippen molar-refractivity contribution in [3.63, 3.8) is 0 Å². The molecule has 0 aliphatic heterocycles. The van der Waals surface area contributed by atoms with Crippen LogP contribution < -0.4 is 0 Å². The summed E-state index contributed by atoms with van der Waals surface area (Å²) in [6.07, 6.45) is 25.9. The summed E-state index contributed by atoms with van der Waals surface area (Å²) in [7, 11) is 0. The minimum Gasteiger partial charge on any atom is -0.0625 e. The minimum atomic E-state index is 1.04. The first-order valence-electron chi connectivity index (χ1n) is 10.3. The first-order chi connectivity index (χ1) is 10.3. The summed E-state index contributed by atoms with van der Waals surface area (Å²) < 4.78 is 0. The van der Waals surface area contributed by atoms with E-state index < -0.39 is 0 Å². The zero-order chi connectivity index (χ0) is 14.8. The zero-order valence-corrected chi connectivity index (χ0v) is 14.8. The van der Waals surface area contributed by atoms with E-state index >= 15 is 0 Å². The second-order valence-corrected chi connectivity index (χ2v) is 8.33. The highest BCUT2D eigenvalue weighted by molar-refractivity contribution is 4.70. The van der Waals surface area contributed by atoms with Crippen molar-refractivity contribution in [2.24, 2.45) is 17.8 Å². The van der Waals surface area contributed by atoms with E-state index in [1.807, 2.05) is 0 Å². The van der Waals surface area contributed by atoms with Gasteiger partial charge in [-0.3, -0.25) is 0 Å². The Morgan fingerprint density at radius 2 is 0.810 bits per heavy atom. The molecule has 3 rings (SSSR count). The molecule has 0 spiro atoms. The highest BCUT2D eigenvalue weighted by atomic mass is 14.2. The maximum atomic E-state index is 2.36. The standard InChI is InChI=1S/C14H26.C7H14/c1-3-7-13(8-4-1)11-12-14-9-5-2-6-10-14;1-7-5-3-2-4-6-7/h13-14H,1-12H2;7H,2-6H2,1H3. The molecule has 0 radical (unpaired) electrons. The quantitative estimate of drug-likeness (QED) is 0.504. The van der Waals surface area contributed by atoms with Gasteiger partial charge in [-0.1, -0.05) is 116 Å². The summed E-state index contributed by atoms with van der Waals surface area (Å²) in [5, 5.41) is 0. The van der Waals surface area contributed by atoms with Gasteiger partial charge in [-0.25, -0.2) is 0 Å². The maximum Gasteiger partial charge on any atom is -0.0414 e. The summed E-state index contributed by atoms with van der Waals surface area (Å²) in [6, 6.07) is 0. The largest absolute Gasteiger partial charge is 0.0625 e. The van der Waals surface area contributed by atoms with Gasteiger partial charge in [-0.2, -0.15) is 0 Å². The van der Waals surface area contributed by atoms with Crippen LogP contribution in [-0.2, 0) is 0 Å². The van der Waals surface area contributed by atoms with Gasteiger partial charge in [0, 0.05) is 0 Å². The zero-order valence-electron chi connectivity index (χ0n) is 14.8. The highest BCUT2D eigenvalue weighted by Crippen LogP contribution is 2.33. The second kappa shape index (κ2) is 10.7. The van der Waals surface area contributed by atoms with Gasteiger partial charge >= 0.3 is 0 Å². The average molecular weight is 293 g/mol. The second-order valence-electron chi connectivity index (χ2n) is 8.33. The van der Waals surface area contributed by atoms with E-state index in [0.29, 0.717) is 0 Å². The van der Waals surface area contributed by atoms with Crippen LogP contribution in [0, 0.1) is 17.8 Å². The van der Waals surface area contributed by atoms with E-state index in [9.17, 15) is 0 Å². The Labute approximate surface area is 134 Å². The van der Waals surface area contributed by atoms with Gasteiger partial charge in [0.15, 0.2) is 0 Å². The van der Waals surface area contributed by atoms with E-state index in [-0.39, 0.29) is 0 Å². The molecule has 0 bridgehead atoms. The number of rotatable bonds is 3. The van der Waals surface area contributed by atoms with E-state index in [4.69, 9.17) is 0 Å². The van der Waals surface area contributed by atoms with Crippen molar-refractivity contribution in [3.05, 3.63) is 0 Å². The van der Waals surface area contributed by atoms with Crippen LogP contribution in [0.2, 0.25) is 0 Å². The van der Waals surface area contributed by atoms with Crippen molar-refractivity contribution in [2.45, 2.75) is 116 Å². The van der Waals surface area contributed by atoms with Gasteiger partial charge in [0.05, 0.1) is 0 Å². The van der Waals surface area contributed by atoms with Crippen LogP contribution in [0.4, 0.5) is 0 Å². The summed E-state index contributed by atoms with van der Waals surface area (Å²) in [5.41, 5.74) is 0. The minimum absolute atomic E-state index is 1.04. The molecule has 0 aromatic rings. The molecule has 3 aliphatic rings. The molecule has 0 heteroatoms. The fourth-order valence-corrected chi connectivity index (χ4v) is 4.73. The molecule has 0 saturated heterocycles. The van der Waals surface area contributed by atoms with Crippen molar-refractivity contribution in [2.75, 3.05) is 0 Å². The van der Waals surface area contributed by atoms with Crippen LogP contribution in [0.3, 0.4) is 0 Å². The molecule has 3 saturated carbocycles. The Morgan fingerprint density at radius 1 is 0.476 bits per heavy atom. The molecule has 3 fully saturated rings. The Hall–Kier alpha value is 0. The molecular formula is C21H40. The van der Waals surface area contributed by atoms with Crippen LogP contribution in [-0.4, -0.2) is 0 Å². The Bertz CT molecular complexity index is 208. The molecule has 0 heterocycles. The van der Waals surface area contributed by atoms with Gasteiger partial charge in [0.25, 0.3) is 0 Å². The molecular weight excluding hydrogens is 252 g/mol. The van der Waals surface area contributed by atoms with Gasteiger partial charge in [-0.15, -0.1) is 0 Å². The van der Waals surface area contributed by atoms with Crippen LogP contribution in [0.1, 0.15) is 116 Å². The van der Waals surface area contributed by atoms with Crippen molar-refractivity contribution in [1.29, 1.82) is 0 Å². The summed E-state index contributed by atoms with van der Waals surface area (Å²) in [4.78, 5) is 0. The predicted octanol–water partition coefficient (Wildman–Crippen LogP) is 7.51. The molecule has 0 aromatic heterocycles. The predicted molar refractivity (Wildman–Crippen MR) is 94.6 cm³/mol. The first kappa shape index (κ1) is 17.4. The lowest BCUT2D eigenvalue weighted by Gasteiger charge is -2.26. The Kier molecular flexibility index (Phi) is 8.83. The lowest BCUT2D eigenvalue weighted by atomic mass is 9.80. The third-order valence-corrected chi connectivity index (χ3v) is 6.33. The van der Waals surface area contributed by atoms with Gasteiger partial charge in [0.1, 0.15) is 0 Å². The molecule has 0 atom stereocenters. The fraction of sp³-hybridized carbons (Fsp3) is 1.00. The smallest absolute Gasteiger partial charge is 0.0414 e. The van der Waals surface area contributed by atoms with Crippen LogP contribution in [0.5, 0.6) is 0 Å². The van der Waals surface area contributed by atoms with Gasteiger partial charge < -0.3 is 0 Å².